The van der Waals surface area contributed by atoms with Crippen molar-refractivity contribution in [2.75, 3.05) is 18.5 Å². The number of anilines is 1. The lowest BCUT2D eigenvalue weighted by Gasteiger charge is -2.44. The fourth-order valence-electron chi connectivity index (χ4n) is 3.08. The Morgan fingerprint density at radius 3 is 2.45 bits per heavy atom. The summed E-state index contributed by atoms with van der Waals surface area (Å²) >= 11 is 0. The highest BCUT2D eigenvalue weighted by atomic mass is 19.4. The number of hydrogen-bond acceptors (Lipinski definition) is 2. The second-order valence-corrected chi connectivity index (χ2v) is 5.49. The Morgan fingerprint density at radius 2 is 1.85 bits per heavy atom. The molecule has 1 aliphatic heterocycles. The van der Waals surface area contributed by atoms with Gasteiger partial charge in [0.15, 0.2) is 0 Å². The Hall–Kier alpha value is -1.23. The lowest BCUT2D eigenvalue weighted by molar-refractivity contribution is -0.137. The van der Waals surface area contributed by atoms with E-state index in [1.54, 1.807) is 12.1 Å². The molecule has 5 heteroatoms. The zero-order valence-electron chi connectivity index (χ0n) is 12.0. The Bertz CT molecular complexity index is 459. The summed E-state index contributed by atoms with van der Waals surface area (Å²) in [5, 5.41) is 3.25. The van der Waals surface area contributed by atoms with Crippen molar-refractivity contribution >= 4 is 5.69 Å². The van der Waals surface area contributed by atoms with Gasteiger partial charge in [-0.25, -0.2) is 0 Å². The molecule has 3 unspecified atom stereocenters. The maximum atomic E-state index is 13.1. The van der Waals surface area contributed by atoms with Gasteiger partial charge in [-0.2, -0.15) is 13.2 Å². The van der Waals surface area contributed by atoms with E-state index >= 15 is 0 Å². The van der Waals surface area contributed by atoms with Crippen LogP contribution in [0.4, 0.5) is 18.9 Å². The summed E-state index contributed by atoms with van der Waals surface area (Å²) in [7, 11) is 1.91. The summed E-state index contributed by atoms with van der Waals surface area (Å²) in [6, 6.07) is 6.29. The van der Waals surface area contributed by atoms with E-state index in [9.17, 15) is 13.2 Å². The molecule has 0 radical (unpaired) electrons. The van der Waals surface area contributed by atoms with Gasteiger partial charge in [0.2, 0.25) is 0 Å². The lowest BCUT2D eigenvalue weighted by Crippen LogP contribution is -2.53. The second-order valence-electron chi connectivity index (χ2n) is 5.49. The largest absolute Gasteiger partial charge is 0.418 e. The first-order chi connectivity index (χ1) is 9.36. The summed E-state index contributed by atoms with van der Waals surface area (Å²) in [4.78, 5) is 1.89. The first-order valence-electron chi connectivity index (χ1n) is 6.96. The van der Waals surface area contributed by atoms with Crippen molar-refractivity contribution < 1.29 is 13.2 Å². The molecule has 2 nitrogen and oxygen atoms in total. The summed E-state index contributed by atoms with van der Waals surface area (Å²) in [6.45, 7) is 4.74. The molecular weight excluding hydrogens is 265 g/mol. The number of nitrogens with one attached hydrogen (secondary N) is 1. The summed E-state index contributed by atoms with van der Waals surface area (Å²) in [5.74, 6) is 0.301. The number of rotatable bonds is 2. The molecule has 0 aliphatic carbocycles. The molecule has 1 saturated heterocycles. The zero-order valence-corrected chi connectivity index (χ0v) is 12.0. The van der Waals surface area contributed by atoms with E-state index in [4.69, 9.17) is 0 Å². The normalized spacial score (nSPS) is 27.7. The van der Waals surface area contributed by atoms with Gasteiger partial charge >= 0.3 is 6.18 Å². The maximum absolute atomic E-state index is 13.1. The fraction of sp³-hybridized carbons (Fsp3) is 0.600. The zero-order chi connectivity index (χ0) is 14.9. The van der Waals surface area contributed by atoms with Crippen LogP contribution in [-0.4, -0.2) is 25.7 Å². The Kier molecular flexibility index (Phi) is 4.28. The number of nitrogens with zero attached hydrogens (tertiary/aromatic N) is 1. The van der Waals surface area contributed by atoms with Crippen molar-refractivity contribution in [2.24, 2.45) is 5.92 Å². The van der Waals surface area contributed by atoms with Crippen LogP contribution in [0.3, 0.4) is 0 Å². The monoisotopic (exact) mass is 286 g/mol. The summed E-state index contributed by atoms with van der Waals surface area (Å²) in [5.41, 5.74) is -0.240. The van der Waals surface area contributed by atoms with Crippen LogP contribution in [0.2, 0.25) is 0 Å². The Balaban J connectivity index is 2.33. The van der Waals surface area contributed by atoms with Crippen molar-refractivity contribution in [3.63, 3.8) is 0 Å². The minimum absolute atomic E-state index is 0.0738. The molecule has 1 N–H and O–H groups in total. The van der Waals surface area contributed by atoms with Gasteiger partial charge in [-0.3, -0.25) is 0 Å². The van der Waals surface area contributed by atoms with Gasteiger partial charge in [-0.05, 0) is 38.4 Å². The molecule has 0 amide bonds. The molecule has 1 aromatic carbocycles. The number of para-hydroxylation sites is 1. The quantitative estimate of drug-likeness (QED) is 0.894. The van der Waals surface area contributed by atoms with Crippen molar-refractivity contribution in [2.45, 2.75) is 38.5 Å². The number of benzene rings is 1. The van der Waals surface area contributed by atoms with E-state index in [0.29, 0.717) is 24.2 Å². The number of alkyl halides is 3. The van der Waals surface area contributed by atoms with E-state index in [1.165, 1.54) is 6.07 Å². The predicted octanol–water partition coefficient (Wildman–Crippen LogP) is 3.53. The number of halogens is 3. The molecule has 1 aromatic rings. The predicted molar refractivity (Wildman–Crippen MR) is 74.9 cm³/mol. The smallest absolute Gasteiger partial charge is 0.368 e. The van der Waals surface area contributed by atoms with Crippen molar-refractivity contribution in [3.8, 4) is 0 Å². The minimum Gasteiger partial charge on any atom is -0.368 e. The van der Waals surface area contributed by atoms with Crippen LogP contribution >= 0.6 is 0 Å². The molecule has 112 valence electrons. The highest BCUT2D eigenvalue weighted by molar-refractivity contribution is 5.56. The van der Waals surface area contributed by atoms with Crippen molar-refractivity contribution in [1.29, 1.82) is 0 Å². The van der Waals surface area contributed by atoms with Crippen LogP contribution in [0.25, 0.3) is 0 Å². The average Bonchev–Trinajstić information content (AvgIpc) is 2.41. The van der Waals surface area contributed by atoms with E-state index < -0.39 is 11.7 Å². The summed E-state index contributed by atoms with van der Waals surface area (Å²) < 4.78 is 39.4. The molecule has 1 heterocycles. The van der Waals surface area contributed by atoms with Gasteiger partial charge in [-0.1, -0.05) is 19.1 Å². The van der Waals surface area contributed by atoms with Gasteiger partial charge < -0.3 is 10.2 Å². The van der Waals surface area contributed by atoms with E-state index in [2.05, 4.69) is 12.2 Å². The minimum atomic E-state index is -4.31. The molecule has 2 rings (SSSR count). The van der Waals surface area contributed by atoms with Crippen LogP contribution < -0.4 is 10.2 Å². The highest BCUT2D eigenvalue weighted by Crippen LogP contribution is 2.39. The van der Waals surface area contributed by atoms with Gasteiger partial charge in [0.1, 0.15) is 0 Å². The third kappa shape index (κ3) is 2.77. The van der Waals surface area contributed by atoms with Crippen LogP contribution in [-0.2, 0) is 6.18 Å². The molecule has 1 fully saturated rings. The SMILES string of the molecule is CNC1CCN(c2ccccc2C(F)(F)F)C(C)C1C. The first-order valence-corrected chi connectivity index (χ1v) is 6.96. The summed E-state index contributed by atoms with van der Waals surface area (Å²) in [6.07, 6.45) is -3.45. The van der Waals surface area contributed by atoms with E-state index in [1.807, 2.05) is 18.9 Å². The third-order valence-corrected chi connectivity index (χ3v) is 4.46. The highest BCUT2D eigenvalue weighted by Gasteiger charge is 2.38. The molecule has 0 aromatic heterocycles. The van der Waals surface area contributed by atoms with Crippen LogP contribution in [0, 0.1) is 5.92 Å². The van der Waals surface area contributed by atoms with Crippen LogP contribution in [0.1, 0.15) is 25.8 Å². The molecule has 20 heavy (non-hydrogen) atoms. The van der Waals surface area contributed by atoms with Gasteiger partial charge in [-0.15, -0.1) is 0 Å². The third-order valence-electron chi connectivity index (χ3n) is 4.46. The van der Waals surface area contributed by atoms with Crippen molar-refractivity contribution in [3.05, 3.63) is 29.8 Å². The van der Waals surface area contributed by atoms with E-state index in [-0.39, 0.29) is 6.04 Å². The molecule has 0 saturated carbocycles. The maximum Gasteiger partial charge on any atom is 0.418 e. The van der Waals surface area contributed by atoms with Crippen LogP contribution in [0.15, 0.2) is 24.3 Å². The number of piperidine rings is 1. The van der Waals surface area contributed by atoms with Crippen molar-refractivity contribution in [1.82, 2.24) is 5.32 Å². The van der Waals surface area contributed by atoms with Gasteiger partial charge in [0.05, 0.1) is 5.56 Å². The first kappa shape index (κ1) is 15.2. The molecule has 3 atom stereocenters. The Labute approximate surface area is 118 Å². The van der Waals surface area contributed by atoms with Gasteiger partial charge in [0.25, 0.3) is 0 Å². The lowest BCUT2D eigenvalue weighted by atomic mass is 9.86. The molecule has 0 bridgehead atoms. The van der Waals surface area contributed by atoms with Gasteiger partial charge in [0, 0.05) is 24.3 Å². The molecule has 1 aliphatic rings. The average molecular weight is 286 g/mol. The Morgan fingerprint density at radius 1 is 1.20 bits per heavy atom. The number of hydrogen-bond donors (Lipinski definition) is 1. The second kappa shape index (κ2) is 5.64. The van der Waals surface area contributed by atoms with E-state index in [0.717, 1.165) is 12.5 Å². The molecular formula is C15H21F3N2. The van der Waals surface area contributed by atoms with Crippen LogP contribution in [0.5, 0.6) is 0 Å². The standard InChI is InChI=1S/C15H21F3N2/c1-10-11(2)20(9-8-13(10)19-3)14-7-5-4-6-12(14)15(16,17)18/h4-7,10-11,13,19H,8-9H2,1-3H3. The fourth-order valence-corrected chi connectivity index (χ4v) is 3.08. The molecule has 0 spiro atoms. The topological polar surface area (TPSA) is 15.3 Å².